The summed E-state index contributed by atoms with van der Waals surface area (Å²) in [7, 11) is 0. The molecule has 0 rings (SSSR count). The number of allylic oxidation sites excluding steroid dienone is 1. The summed E-state index contributed by atoms with van der Waals surface area (Å²) in [5.41, 5.74) is 0.386. The quantitative estimate of drug-likeness (QED) is 0.422. The van der Waals surface area contributed by atoms with E-state index in [1.54, 1.807) is 6.92 Å². The minimum atomic E-state index is -0.463. The van der Waals surface area contributed by atoms with Crippen LogP contribution in [0, 0.1) is 0 Å². The van der Waals surface area contributed by atoms with Gasteiger partial charge in [0.2, 0.25) is 5.24 Å². The molecule has 3 heteroatoms. The monoisotopic (exact) mass is 121 g/mol. The van der Waals surface area contributed by atoms with Gasteiger partial charge < -0.3 is 6.15 Å². The Hall–Kier alpha value is -0.340. The molecule has 0 saturated carbocycles. The van der Waals surface area contributed by atoms with Crippen molar-refractivity contribution < 1.29 is 4.79 Å². The van der Waals surface area contributed by atoms with E-state index in [9.17, 15) is 4.79 Å². The highest BCUT2D eigenvalue weighted by Gasteiger charge is 1.89. The van der Waals surface area contributed by atoms with Crippen molar-refractivity contribution in [3.8, 4) is 0 Å². The average Bonchev–Trinajstić information content (AvgIpc) is 1.36. The molecule has 0 amide bonds. The van der Waals surface area contributed by atoms with Crippen LogP contribution in [-0.2, 0) is 4.79 Å². The maximum atomic E-state index is 9.81. The standard InChI is InChI=1S/C4H5ClO.H3N/c1-3(2)4(5)6;/h1H2,2H3;1H3. The van der Waals surface area contributed by atoms with Gasteiger partial charge in [-0.05, 0) is 18.5 Å². The van der Waals surface area contributed by atoms with E-state index in [4.69, 9.17) is 11.6 Å². The third-order valence-electron chi connectivity index (χ3n) is 0.336. The zero-order valence-corrected chi connectivity index (χ0v) is 4.96. The Morgan fingerprint density at radius 2 is 1.86 bits per heavy atom. The van der Waals surface area contributed by atoms with Gasteiger partial charge in [-0.1, -0.05) is 6.58 Å². The van der Waals surface area contributed by atoms with Crippen LogP contribution < -0.4 is 6.15 Å². The third-order valence-corrected chi connectivity index (χ3v) is 0.658. The van der Waals surface area contributed by atoms with Gasteiger partial charge in [0.15, 0.2) is 0 Å². The minimum absolute atomic E-state index is 0. The molecule has 42 valence electrons. The maximum absolute atomic E-state index is 9.81. The Bertz CT molecular complexity index is 77.7. The fourth-order valence-corrected chi connectivity index (χ4v) is 0. The lowest BCUT2D eigenvalue weighted by atomic mass is 10.4. The van der Waals surface area contributed by atoms with Crippen molar-refractivity contribution in [1.29, 1.82) is 0 Å². The van der Waals surface area contributed by atoms with Crippen LogP contribution in [0.3, 0.4) is 0 Å². The largest absolute Gasteiger partial charge is 0.344 e. The number of halogens is 1. The summed E-state index contributed by atoms with van der Waals surface area (Å²) in [6.07, 6.45) is 0. The van der Waals surface area contributed by atoms with Crippen molar-refractivity contribution in [3.05, 3.63) is 12.2 Å². The van der Waals surface area contributed by atoms with Crippen LogP contribution >= 0.6 is 11.6 Å². The molecule has 0 radical (unpaired) electrons. The Morgan fingerprint density at radius 3 is 1.86 bits per heavy atom. The van der Waals surface area contributed by atoms with Gasteiger partial charge in [0.05, 0.1) is 0 Å². The zero-order valence-electron chi connectivity index (χ0n) is 4.20. The first kappa shape index (κ1) is 9.83. The highest BCUT2D eigenvalue weighted by molar-refractivity contribution is 6.67. The van der Waals surface area contributed by atoms with E-state index in [0.717, 1.165) is 0 Å². The number of hydrogen-bond donors (Lipinski definition) is 1. The van der Waals surface area contributed by atoms with Gasteiger partial charge in [0.1, 0.15) is 0 Å². The summed E-state index contributed by atoms with van der Waals surface area (Å²) in [6.45, 7) is 4.84. The molecule has 7 heavy (non-hydrogen) atoms. The summed E-state index contributed by atoms with van der Waals surface area (Å²) >= 11 is 4.87. The summed E-state index contributed by atoms with van der Waals surface area (Å²) in [5.74, 6) is 0. The van der Waals surface area contributed by atoms with Gasteiger partial charge in [-0.15, -0.1) is 0 Å². The lowest BCUT2D eigenvalue weighted by molar-refractivity contribution is -0.108. The van der Waals surface area contributed by atoms with Crippen molar-refractivity contribution in [2.75, 3.05) is 0 Å². The molecule has 0 heterocycles. The fraction of sp³-hybridized carbons (Fsp3) is 0.250. The second-order valence-corrected chi connectivity index (χ2v) is 1.40. The van der Waals surface area contributed by atoms with Gasteiger partial charge in [0, 0.05) is 5.57 Å². The number of hydrogen-bond acceptors (Lipinski definition) is 2. The molecule has 0 bridgehead atoms. The highest BCUT2D eigenvalue weighted by atomic mass is 35.5. The topological polar surface area (TPSA) is 52.1 Å². The van der Waals surface area contributed by atoms with E-state index in [1.165, 1.54) is 0 Å². The molecule has 0 aliphatic heterocycles. The first-order valence-corrected chi connectivity index (χ1v) is 1.87. The van der Waals surface area contributed by atoms with Crippen molar-refractivity contribution in [2.45, 2.75) is 6.92 Å². The predicted molar refractivity (Wildman–Crippen MR) is 30.7 cm³/mol. The molecule has 0 saturated heterocycles. The van der Waals surface area contributed by atoms with Crippen LogP contribution in [0.15, 0.2) is 12.2 Å². The third kappa shape index (κ3) is 5.66. The van der Waals surface area contributed by atoms with Crippen molar-refractivity contribution in [3.63, 3.8) is 0 Å². The smallest absolute Gasteiger partial charge is 0.247 e. The number of carbonyl (C=O) groups is 1. The lowest BCUT2D eigenvalue weighted by Gasteiger charge is -1.77. The second-order valence-electron chi connectivity index (χ2n) is 1.05. The summed E-state index contributed by atoms with van der Waals surface area (Å²) < 4.78 is 0. The predicted octanol–water partition coefficient (Wildman–Crippen LogP) is 1.49. The molecular weight excluding hydrogens is 114 g/mol. The zero-order chi connectivity index (χ0) is 5.15. The molecule has 0 spiro atoms. The van der Waals surface area contributed by atoms with Crippen LogP contribution in [0.1, 0.15) is 6.92 Å². The molecule has 0 aromatic heterocycles. The van der Waals surface area contributed by atoms with Crippen LogP contribution in [0.25, 0.3) is 0 Å². The van der Waals surface area contributed by atoms with E-state index in [1.807, 2.05) is 0 Å². The van der Waals surface area contributed by atoms with Gasteiger partial charge >= 0.3 is 0 Å². The molecule has 0 unspecified atom stereocenters. The maximum Gasteiger partial charge on any atom is 0.247 e. The van der Waals surface area contributed by atoms with Gasteiger partial charge in [-0.25, -0.2) is 0 Å². The first-order chi connectivity index (χ1) is 2.64. The summed E-state index contributed by atoms with van der Waals surface area (Å²) in [4.78, 5) is 9.81. The average molecular weight is 122 g/mol. The second kappa shape index (κ2) is 3.84. The minimum Gasteiger partial charge on any atom is -0.344 e. The number of rotatable bonds is 1. The molecule has 3 N–H and O–H groups in total. The van der Waals surface area contributed by atoms with Crippen LogP contribution in [0.4, 0.5) is 0 Å². The molecule has 0 fully saturated rings. The van der Waals surface area contributed by atoms with Gasteiger partial charge in [-0.2, -0.15) is 0 Å². The van der Waals surface area contributed by atoms with E-state index in [-0.39, 0.29) is 6.15 Å². The molecular formula is C4H8ClNO. The fourth-order valence-electron chi connectivity index (χ4n) is 0. The highest BCUT2D eigenvalue weighted by Crippen LogP contribution is 1.91. The Kier molecular flexibility index (Phi) is 5.39. The van der Waals surface area contributed by atoms with E-state index in [2.05, 4.69) is 6.58 Å². The molecule has 0 aromatic carbocycles. The molecule has 2 nitrogen and oxygen atoms in total. The molecule has 0 aliphatic carbocycles. The first-order valence-electron chi connectivity index (χ1n) is 1.50. The van der Waals surface area contributed by atoms with Crippen molar-refractivity contribution in [2.24, 2.45) is 0 Å². The van der Waals surface area contributed by atoms with Gasteiger partial charge in [-0.3, -0.25) is 4.79 Å². The van der Waals surface area contributed by atoms with Crippen LogP contribution in [-0.4, -0.2) is 5.24 Å². The van der Waals surface area contributed by atoms with Crippen molar-refractivity contribution in [1.82, 2.24) is 6.15 Å². The number of carbonyl (C=O) groups excluding carboxylic acids is 1. The van der Waals surface area contributed by atoms with E-state index in [0.29, 0.717) is 5.57 Å². The normalized spacial score (nSPS) is 6.57. The Balaban J connectivity index is 0. The Labute approximate surface area is 47.7 Å². The van der Waals surface area contributed by atoms with Gasteiger partial charge in [0.25, 0.3) is 0 Å². The summed E-state index contributed by atoms with van der Waals surface area (Å²) in [6, 6.07) is 0. The van der Waals surface area contributed by atoms with E-state index < -0.39 is 5.24 Å². The summed E-state index contributed by atoms with van der Waals surface area (Å²) in [5, 5.41) is -0.463. The molecule has 0 atom stereocenters. The molecule has 0 aromatic rings. The lowest BCUT2D eigenvalue weighted by Crippen LogP contribution is -1.81. The molecule has 0 aliphatic rings. The SMILES string of the molecule is C=C(C)C(=O)Cl.N. The van der Waals surface area contributed by atoms with Crippen LogP contribution in [0.2, 0.25) is 0 Å². The Morgan fingerprint density at radius 1 is 1.71 bits per heavy atom. The van der Waals surface area contributed by atoms with E-state index >= 15 is 0 Å². The van der Waals surface area contributed by atoms with Crippen molar-refractivity contribution >= 4 is 16.8 Å². The van der Waals surface area contributed by atoms with Crippen LogP contribution in [0.5, 0.6) is 0 Å².